The van der Waals surface area contributed by atoms with E-state index in [-0.39, 0.29) is 17.7 Å². The molecule has 15 heteroatoms. The zero-order valence-corrected chi connectivity index (χ0v) is 21.0. The highest BCUT2D eigenvalue weighted by molar-refractivity contribution is 6.40. The van der Waals surface area contributed by atoms with Crippen molar-refractivity contribution in [1.29, 1.82) is 5.26 Å². The molecule has 0 aliphatic heterocycles. The maximum atomic E-state index is 15.4. The monoisotopic (exact) mass is 609 g/mol. The van der Waals surface area contributed by atoms with E-state index in [4.69, 9.17) is 28.5 Å². The Kier molecular flexibility index (Phi) is 8.66. The van der Waals surface area contributed by atoms with Gasteiger partial charge in [0.15, 0.2) is 5.82 Å². The van der Waals surface area contributed by atoms with Gasteiger partial charge in [-0.2, -0.15) is 31.6 Å². The number of carbonyl (C=O) groups is 2. The van der Waals surface area contributed by atoms with E-state index in [9.17, 15) is 40.3 Å². The van der Waals surface area contributed by atoms with E-state index < -0.39 is 74.7 Å². The lowest BCUT2D eigenvalue weighted by molar-refractivity contribution is -0.348. The number of anilines is 2. The molecule has 0 bridgehead atoms. The Labute approximate surface area is 230 Å². The van der Waals surface area contributed by atoms with Crippen LogP contribution in [0.4, 0.5) is 46.5 Å². The van der Waals surface area contributed by atoms with Crippen LogP contribution in [0.25, 0.3) is 0 Å². The smallest absolute Gasteiger partial charge is 0.319 e. The predicted molar refractivity (Wildman–Crippen MR) is 129 cm³/mol. The second-order valence-corrected chi connectivity index (χ2v) is 8.79. The van der Waals surface area contributed by atoms with Crippen LogP contribution in [0.3, 0.4) is 0 Å². The van der Waals surface area contributed by atoms with Crippen molar-refractivity contribution in [2.75, 3.05) is 16.8 Å². The summed E-state index contributed by atoms with van der Waals surface area (Å²) in [6, 6.07) is 12.3. The Bertz CT molecular complexity index is 1450. The minimum Gasteiger partial charge on any atom is -0.319 e. The lowest BCUT2D eigenvalue weighted by Crippen LogP contribution is -2.50. The first-order valence-corrected chi connectivity index (χ1v) is 11.5. The van der Waals surface area contributed by atoms with Gasteiger partial charge in [0.2, 0.25) is 0 Å². The average Bonchev–Trinajstić information content (AvgIpc) is 2.87. The number of nitriles is 1. The van der Waals surface area contributed by atoms with E-state index in [0.29, 0.717) is 0 Å². The van der Waals surface area contributed by atoms with Gasteiger partial charge in [-0.25, -0.2) is 8.78 Å². The van der Waals surface area contributed by atoms with Gasteiger partial charge in [-0.05, 0) is 36.4 Å². The molecule has 5 nitrogen and oxygen atoms in total. The van der Waals surface area contributed by atoms with Crippen LogP contribution in [-0.2, 0) is 5.67 Å². The number of benzene rings is 3. The van der Waals surface area contributed by atoms with Gasteiger partial charge in [0, 0.05) is 11.1 Å². The van der Waals surface area contributed by atoms with Gasteiger partial charge >= 0.3 is 18.0 Å². The van der Waals surface area contributed by atoms with Crippen LogP contribution in [0.5, 0.6) is 0 Å². The minimum atomic E-state index is -6.45. The van der Waals surface area contributed by atoms with Crippen LogP contribution in [0, 0.1) is 17.1 Å². The Morgan fingerprint density at radius 1 is 0.875 bits per heavy atom. The van der Waals surface area contributed by atoms with Crippen LogP contribution in [0.2, 0.25) is 10.0 Å². The minimum absolute atomic E-state index is 0.0238. The molecule has 0 spiro atoms. The molecule has 1 N–H and O–H groups in total. The second kappa shape index (κ2) is 11.3. The molecular formula is C25H13Cl2F8N3O2. The maximum Gasteiger partial charge on any atom is 0.435 e. The molecule has 0 radical (unpaired) electrons. The second-order valence-electron chi connectivity index (χ2n) is 7.98. The summed E-state index contributed by atoms with van der Waals surface area (Å²) in [6.07, 6.45) is -12.9. The fraction of sp³-hybridized carbons (Fsp3) is 0.160. The lowest BCUT2D eigenvalue weighted by atomic mass is 9.94. The number of alkyl halides is 7. The Morgan fingerprint density at radius 3 is 1.93 bits per heavy atom. The zero-order chi connectivity index (χ0) is 30.0. The molecule has 0 atom stereocenters. The van der Waals surface area contributed by atoms with Crippen LogP contribution in [0.1, 0.15) is 26.3 Å². The van der Waals surface area contributed by atoms with Gasteiger partial charge in [-0.1, -0.05) is 47.5 Å². The molecule has 0 heterocycles. The van der Waals surface area contributed by atoms with Crippen molar-refractivity contribution in [3.8, 4) is 6.07 Å². The van der Waals surface area contributed by atoms with Gasteiger partial charge in [0.25, 0.3) is 11.8 Å². The molecule has 0 aliphatic carbocycles. The summed E-state index contributed by atoms with van der Waals surface area (Å²) in [5.74, 6) is -3.43. The van der Waals surface area contributed by atoms with Crippen molar-refractivity contribution < 1.29 is 44.7 Å². The normalized spacial score (nSPS) is 12.0. The van der Waals surface area contributed by atoms with Crippen molar-refractivity contribution >= 4 is 46.4 Å². The van der Waals surface area contributed by atoms with E-state index in [1.54, 1.807) is 12.1 Å². The summed E-state index contributed by atoms with van der Waals surface area (Å²) in [7, 11) is 0. The summed E-state index contributed by atoms with van der Waals surface area (Å²) >= 11 is 11.5. The third-order valence-corrected chi connectivity index (χ3v) is 6.06. The number of nitrogens with zero attached hydrogens (tertiary/aromatic N) is 2. The van der Waals surface area contributed by atoms with E-state index in [2.05, 4.69) is 0 Å². The molecule has 0 saturated carbocycles. The lowest BCUT2D eigenvalue weighted by Gasteiger charge is -2.30. The number of nitrogens with one attached hydrogen (secondary N) is 1. The number of halogens is 10. The van der Waals surface area contributed by atoms with E-state index in [0.717, 1.165) is 23.1 Å². The van der Waals surface area contributed by atoms with Gasteiger partial charge in [0.05, 0.1) is 33.1 Å². The van der Waals surface area contributed by atoms with Gasteiger partial charge in [-0.15, -0.1) is 0 Å². The number of hydrogen-bond acceptors (Lipinski definition) is 3. The fourth-order valence-corrected chi connectivity index (χ4v) is 4.12. The fourth-order valence-electron chi connectivity index (χ4n) is 3.54. The topological polar surface area (TPSA) is 73.2 Å². The standard InChI is InChI=1S/C25H13Cl2F8N3O2/c26-16-11-14(23(29,24(30,31)32)25(33,34)35)12-17(27)20(16)37-21(39)15-7-4-8-18(19(15)28)38(10-9-36)22(40)13-5-2-1-3-6-13/h1-8,11-12H,10H2,(H,37,39). The molecule has 3 aromatic rings. The number of rotatable bonds is 6. The largest absolute Gasteiger partial charge is 0.435 e. The zero-order valence-electron chi connectivity index (χ0n) is 19.5. The molecular weight excluding hydrogens is 597 g/mol. The summed E-state index contributed by atoms with van der Waals surface area (Å²) in [5, 5.41) is 9.07. The van der Waals surface area contributed by atoms with E-state index in [1.807, 2.05) is 5.32 Å². The van der Waals surface area contributed by atoms with Crippen molar-refractivity contribution in [1.82, 2.24) is 0 Å². The molecule has 210 valence electrons. The molecule has 0 saturated heterocycles. The summed E-state index contributed by atoms with van der Waals surface area (Å²) in [5.41, 5.74) is -9.75. The quantitative estimate of drug-likeness (QED) is 0.228. The summed E-state index contributed by atoms with van der Waals surface area (Å²) in [4.78, 5) is 26.5. The van der Waals surface area contributed by atoms with Crippen molar-refractivity contribution in [2.24, 2.45) is 0 Å². The highest BCUT2D eigenvalue weighted by Crippen LogP contribution is 2.54. The van der Waals surface area contributed by atoms with Crippen LogP contribution in [0.15, 0.2) is 60.7 Å². The third kappa shape index (κ3) is 5.68. The Hall–Kier alpha value is -3.89. The van der Waals surface area contributed by atoms with Gasteiger partial charge in [0.1, 0.15) is 6.54 Å². The van der Waals surface area contributed by atoms with Crippen LogP contribution in [-0.4, -0.2) is 30.7 Å². The van der Waals surface area contributed by atoms with Gasteiger partial charge < -0.3 is 5.32 Å². The highest BCUT2D eigenvalue weighted by atomic mass is 35.5. The summed E-state index contributed by atoms with van der Waals surface area (Å²) in [6.45, 7) is -0.627. The molecule has 0 aromatic heterocycles. The Balaban J connectivity index is 2.00. The maximum absolute atomic E-state index is 15.4. The number of carbonyl (C=O) groups excluding carboxylic acids is 2. The molecule has 0 aliphatic rings. The number of amides is 2. The molecule has 0 unspecified atom stereocenters. The van der Waals surface area contributed by atoms with Crippen LogP contribution >= 0.6 is 23.2 Å². The average molecular weight is 610 g/mol. The molecule has 0 fully saturated rings. The van der Waals surface area contributed by atoms with Crippen molar-refractivity contribution in [3.05, 3.63) is 93.2 Å². The van der Waals surface area contributed by atoms with Crippen LogP contribution < -0.4 is 10.2 Å². The van der Waals surface area contributed by atoms with Crippen molar-refractivity contribution in [2.45, 2.75) is 18.0 Å². The number of hydrogen-bond donors (Lipinski definition) is 1. The molecule has 3 rings (SSSR count). The first kappa shape index (κ1) is 30.6. The third-order valence-electron chi connectivity index (χ3n) is 5.47. The van der Waals surface area contributed by atoms with Crippen molar-refractivity contribution in [3.63, 3.8) is 0 Å². The van der Waals surface area contributed by atoms with E-state index in [1.165, 1.54) is 24.3 Å². The SMILES string of the molecule is N#CCN(C(=O)c1ccccc1)c1cccc(C(=O)Nc2c(Cl)cc(C(F)(C(F)(F)F)C(F)(F)F)cc2Cl)c1F. The Morgan fingerprint density at radius 2 is 1.43 bits per heavy atom. The highest BCUT2D eigenvalue weighted by Gasteiger charge is 2.73. The molecule has 40 heavy (non-hydrogen) atoms. The predicted octanol–water partition coefficient (Wildman–Crippen LogP) is 7.84. The van der Waals surface area contributed by atoms with Gasteiger partial charge in [-0.3, -0.25) is 14.5 Å². The van der Waals surface area contributed by atoms with E-state index >= 15 is 4.39 Å². The molecule has 2 amide bonds. The summed E-state index contributed by atoms with van der Waals surface area (Å²) < 4.78 is 109. The molecule has 3 aromatic carbocycles. The first-order valence-electron chi connectivity index (χ1n) is 10.7. The first-order chi connectivity index (χ1) is 18.5.